The zero-order chi connectivity index (χ0) is 16.7. The number of H-pyrrole nitrogens is 1. The van der Waals surface area contributed by atoms with E-state index in [1.807, 2.05) is 37.4 Å². The summed E-state index contributed by atoms with van der Waals surface area (Å²) in [6, 6.07) is 8.03. The summed E-state index contributed by atoms with van der Waals surface area (Å²) < 4.78 is 10.7. The molecule has 2 aliphatic rings. The molecule has 8 nitrogen and oxygen atoms in total. The molecule has 2 aromatic rings. The molecule has 124 valence electrons. The Morgan fingerprint density at radius 3 is 2.96 bits per heavy atom. The normalized spacial score (nSPS) is 22.3. The molecule has 2 atom stereocenters. The van der Waals surface area contributed by atoms with Gasteiger partial charge in [-0.05, 0) is 11.6 Å². The number of carbonyl (C=O) groups excluding carboxylic acids is 2. The number of nitrogens with zero attached hydrogens (tertiary/aromatic N) is 2. The van der Waals surface area contributed by atoms with Crippen LogP contribution in [-0.2, 0) is 19.1 Å². The maximum Gasteiger partial charge on any atom is 0.323 e. The fourth-order valence-electron chi connectivity index (χ4n) is 2.94. The molecule has 3 heterocycles. The number of amidine groups is 1. The molecule has 24 heavy (non-hydrogen) atoms. The van der Waals surface area contributed by atoms with E-state index < -0.39 is 6.10 Å². The van der Waals surface area contributed by atoms with Crippen LogP contribution in [-0.4, -0.2) is 47.3 Å². The summed E-state index contributed by atoms with van der Waals surface area (Å²) in [6.07, 6.45) is 1.18. The summed E-state index contributed by atoms with van der Waals surface area (Å²) in [5.41, 5.74) is 4.81. The van der Waals surface area contributed by atoms with Gasteiger partial charge in [-0.2, -0.15) is 4.99 Å². The minimum atomic E-state index is -0.710. The number of aromatic amines is 1. The molecule has 0 aliphatic carbocycles. The Labute approximate surface area is 137 Å². The van der Waals surface area contributed by atoms with Crippen LogP contribution < -0.4 is 5.43 Å². The lowest BCUT2D eigenvalue weighted by Gasteiger charge is -2.28. The second-order valence-corrected chi connectivity index (χ2v) is 5.76. The van der Waals surface area contributed by atoms with Gasteiger partial charge in [-0.3, -0.25) is 9.59 Å². The lowest BCUT2D eigenvalue weighted by Crippen LogP contribution is -2.52. The Hall–Kier alpha value is -2.87. The van der Waals surface area contributed by atoms with Crippen molar-refractivity contribution in [3.8, 4) is 0 Å². The molecule has 1 aromatic carbocycles. The summed E-state index contributed by atoms with van der Waals surface area (Å²) in [7, 11) is 0. The van der Waals surface area contributed by atoms with Gasteiger partial charge in [0.2, 0.25) is 0 Å². The number of hydrazine groups is 1. The van der Waals surface area contributed by atoms with E-state index >= 15 is 0 Å². The van der Waals surface area contributed by atoms with Gasteiger partial charge >= 0.3 is 12.0 Å². The van der Waals surface area contributed by atoms with E-state index in [9.17, 15) is 9.59 Å². The number of fused-ring (bicyclic) bond motifs is 1. The maximum atomic E-state index is 12.3. The number of para-hydroxylation sites is 1. The highest BCUT2D eigenvalue weighted by Crippen LogP contribution is 2.31. The number of aliphatic imine (C=N–C) groups is 1. The van der Waals surface area contributed by atoms with Crippen molar-refractivity contribution in [1.82, 2.24) is 15.4 Å². The third kappa shape index (κ3) is 2.41. The van der Waals surface area contributed by atoms with E-state index in [1.54, 1.807) is 0 Å². The Morgan fingerprint density at radius 2 is 2.17 bits per heavy atom. The standard InChI is InChI=1S/C16H16N4O4/c1-9(11-6-17-12-5-3-2-4-10(11)12)14-15(22)19-16(24-14)20-8-23-13(21)7-18-20/h2-6,9,14,17-18H,7-8H2,1H3/t9-,14+/m1/s1. The largest absolute Gasteiger partial charge is 0.450 e. The Balaban J connectivity index is 1.53. The second kappa shape index (κ2) is 5.64. The number of ether oxygens (including phenoxy) is 2. The van der Waals surface area contributed by atoms with Crippen LogP contribution in [0, 0.1) is 0 Å². The molecule has 2 N–H and O–H groups in total. The third-order valence-electron chi connectivity index (χ3n) is 4.25. The number of hydrogen-bond donors (Lipinski definition) is 2. The number of cyclic esters (lactones) is 1. The highest BCUT2D eigenvalue weighted by atomic mass is 16.6. The monoisotopic (exact) mass is 328 g/mol. The van der Waals surface area contributed by atoms with Gasteiger partial charge < -0.3 is 14.5 Å². The van der Waals surface area contributed by atoms with Gasteiger partial charge in [0.05, 0.1) is 0 Å². The van der Waals surface area contributed by atoms with Gasteiger partial charge in [0, 0.05) is 23.0 Å². The zero-order valence-corrected chi connectivity index (χ0v) is 13.0. The van der Waals surface area contributed by atoms with Gasteiger partial charge in [-0.1, -0.05) is 25.1 Å². The van der Waals surface area contributed by atoms with Crippen molar-refractivity contribution < 1.29 is 19.1 Å². The van der Waals surface area contributed by atoms with Crippen molar-refractivity contribution in [2.75, 3.05) is 13.3 Å². The number of aromatic nitrogens is 1. The van der Waals surface area contributed by atoms with Crippen LogP contribution in [0.1, 0.15) is 18.4 Å². The van der Waals surface area contributed by atoms with Crippen LogP contribution in [0.25, 0.3) is 10.9 Å². The maximum absolute atomic E-state index is 12.3. The third-order valence-corrected chi connectivity index (χ3v) is 4.25. The summed E-state index contributed by atoms with van der Waals surface area (Å²) in [5, 5.41) is 2.47. The van der Waals surface area contributed by atoms with Gasteiger partial charge in [0.15, 0.2) is 12.8 Å². The van der Waals surface area contributed by atoms with E-state index in [1.165, 1.54) is 5.01 Å². The minimum Gasteiger partial charge on any atom is -0.450 e. The number of benzene rings is 1. The molecule has 1 amide bonds. The minimum absolute atomic E-state index is 0.0131. The Bertz CT molecular complexity index is 833. The smallest absolute Gasteiger partial charge is 0.323 e. The predicted octanol–water partition coefficient (Wildman–Crippen LogP) is 0.874. The average Bonchev–Trinajstić information content (AvgIpc) is 3.19. The van der Waals surface area contributed by atoms with Gasteiger partial charge in [0.25, 0.3) is 5.91 Å². The summed E-state index contributed by atoms with van der Waals surface area (Å²) >= 11 is 0. The fourth-order valence-corrected chi connectivity index (χ4v) is 2.94. The predicted molar refractivity (Wildman–Crippen MR) is 84.8 cm³/mol. The molecular weight excluding hydrogens is 312 g/mol. The first-order valence-electron chi connectivity index (χ1n) is 7.65. The molecule has 0 unspecified atom stereocenters. The molecule has 0 bridgehead atoms. The van der Waals surface area contributed by atoms with Gasteiger partial charge in [0.1, 0.15) is 6.54 Å². The Kier molecular flexibility index (Phi) is 3.46. The molecule has 1 aromatic heterocycles. The van der Waals surface area contributed by atoms with Crippen LogP contribution in [0.4, 0.5) is 0 Å². The van der Waals surface area contributed by atoms with E-state index in [2.05, 4.69) is 15.4 Å². The molecule has 2 aliphatic heterocycles. The van der Waals surface area contributed by atoms with Crippen molar-refractivity contribution in [2.45, 2.75) is 18.9 Å². The first-order chi connectivity index (χ1) is 11.6. The van der Waals surface area contributed by atoms with Crippen molar-refractivity contribution in [2.24, 2.45) is 4.99 Å². The number of rotatable bonds is 2. The molecule has 0 saturated carbocycles. The van der Waals surface area contributed by atoms with Crippen molar-refractivity contribution in [3.05, 3.63) is 36.0 Å². The first-order valence-corrected chi connectivity index (χ1v) is 7.65. The number of esters is 1. The number of nitrogens with one attached hydrogen (secondary N) is 2. The van der Waals surface area contributed by atoms with Crippen molar-refractivity contribution in [1.29, 1.82) is 0 Å². The highest BCUT2D eigenvalue weighted by molar-refractivity contribution is 5.99. The molecule has 1 saturated heterocycles. The van der Waals surface area contributed by atoms with Crippen LogP contribution in [0.5, 0.6) is 0 Å². The van der Waals surface area contributed by atoms with E-state index in [4.69, 9.17) is 9.47 Å². The number of amides is 1. The van der Waals surface area contributed by atoms with Gasteiger partial charge in [-0.25, -0.2) is 10.4 Å². The van der Waals surface area contributed by atoms with Gasteiger partial charge in [-0.15, -0.1) is 0 Å². The first kappa shape index (κ1) is 14.7. The Morgan fingerprint density at radius 1 is 1.33 bits per heavy atom. The lowest BCUT2D eigenvalue weighted by atomic mass is 9.94. The molecule has 8 heteroatoms. The van der Waals surface area contributed by atoms with Crippen LogP contribution in [0.15, 0.2) is 35.5 Å². The second-order valence-electron chi connectivity index (χ2n) is 5.76. The number of carbonyl (C=O) groups is 2. The lowest BCUT2D eigenvalue weighted by molar-refractivity contribution is -0.154. The summed E-state index contributed by atoms with van der Waals surface area (Å²) in [6.45, 7) is 1.90. The molecule has 4 rings (SSSR count). The summed E-state index contributed by atoms with van der Waals surface area (Å²) in [5.74, 6) is -0.886. The SMILES string of the molecule is C[C@H](c1c[nH]c2ccccc12)[C@@H]1OC(N2COC(=O)CN2)=NC1=O. The topological polar surface area (TPSA) is 96.0 Å². The molecule has 0 spiro atoms. The van der Waals surface area contributed by atoms with E-state index in [-0.39, 0.29) is 37.1 Å². The van der Waals surface area contributed by atoms with Crippen LogP contribution in [0.2, 0.25) is 0 Å². The highest BCUT2D eigenvalue weighted by Gasteiger charge is 2.38. The molecule has 1 fully saturated rings. The quantitative estimate of drug-likeness (QED) is 0.794. The summed E-state index contributed by atoms with van der Waals surface area (Å²) in [4.78, 5) is 30.5. The number of hydrogen-bond acceptors (Lipinski definition) is 6. The zero-order valence-electron chi connectivity index (χ0n) is 13.0. The molecule has 0 radical (unpaired) electrons. The molecular formula is C16H16N4O4. The van der Waals surface area contributed by atoms with Crippen LogP contribution in [0.3, 0.4) is 0 Å². The fraction of sp³-hybridized carbons (Fsp3) is 0.312. The van der Waals surface area contributed by atoms with Crippen LogP contribution >= 0.6 is 0 Å². The van der Waals surface area contributed by atoms with E-state index in [0.717, 1.165) is 16.5 Å². The van der Waals surface area contributed by atoms with Crippen molar-refractivity contribution in [3.63, 3.8) is 0 Å². The average molecular weight is 328 g/mol. The van der Waals surface area contributed by atoms with E-state index in [0.29, 0.717) is 0 Å². The van der Waals surface area contributed by atoms with Crippen molar-refractivity contribution >= 4 is 28.8 Å².